The predicted octanol–water partition coefficient (Wildman–Crippen LogP) is -12.2. The van der Waals surface area contributed by atoms with Crippen molar-refractivity contribution in [2.45, 2.75) is 36.9 Å². The third-order valence-electron chi connectivity index (χ3n) is 2.51. The second-order valence-electron chi connectivity index (χ2n) is 4.83. The van der Waals surface area contributed by atoms with Crippen LogP contribution in [0, 0.1) is 0 Å². The number of hydrogen-bond donors (Lipinski definition) is 2. The molecule has 0 atom stereocenters. The van der Waals surface area contributed by atoms with E-state index < -0.39 is 72.7 Å². The minimum Gasteiger partial charge on any atom is -0.550 e. The van der Waals surface area contributed by atoms with Crippen LogP contribution < -0.4 is 30.6 Å². The molecule has 0 amide bonds. The van der Waals surface area contributed by atoms with Gasteiger partial charge >= 0.3 is 113 Å². The average Bonchev–Trinajstić information content (AvgIpc) is 2.64. The van der Waals surface area contributed by atoms with E-state index in [4.69, 9.17) is 24.6 Å². The van der Waals surface area contributed by atoms with E-state index in [1.54, 1.807) is 0 Å². The van der Waals surface area contributed by atoms with Crippen molar-refractivity contribution in [2.75, 3.05) is 0 Å². The molecule has 0 aliphatic heterocycles. The first-order valence-corrected chi connectivity index (χ1v) is 7.09. The Labute approximate surface area is 286 Å². The van der Waals surface area contributed by atoms with E-state index >= 15 is 0 Å². The van der Waals surface area contributed by atoms with Crippen molar-refractivity contribution in [1.82, 2.24) is 0 Å². The van der Waals surface area contributed by atoms with Gasteiger partial charge in [-0.05, 0) is 0 Å². The molecule has 0 aromatic carbocycles. The minimum atomic E-state index is -2.97. The Morgan fingerprint density at radius 1 is 0.457 bits per heavy atom. The maximum Gasteiger partial charge on any atom is 2.00 e. The van der Waals surface area contributed by atoms with Gasteiger partial charge in [0.05, 0.1) is 11.9 Å². The molecule has 0 unspecified atom stereocenters. The zero-order chi connectivity index (χ0) is 27.3. The second kappa shape index (κ2) is 31.6. The third-order valence-corrected chi connectivity index (χ3v) is 2.51. The summed E-state index contributed by atoms with van der Waals surface area (Å²) in [6.45, 7) is 6.00. The number of aliphatic carboxylic acids is 6. The van der Waals surface area contributed by atoms with Crippen molar-refractivity contribution < 1.29 is 84.0 Å². The first kappa shape index (κ1) is 55.2. The molecule has 17 nitrogen and oxygen atoms in total. The van der Waals surface area contributed by atoms with Gasteiger partial charge in [-0.2, -0.15) is 0 Å². The summed E-state index contributed by atoms with van der Waals surface area (Å²) in [4.78, 5) is 84.0. The molecular weight excluding hydrogens is 572 g/mol. The number of aliphatic hydroxyl groups is 2. The maximum atomic E-state index is 10.1. The molecule has 0 rings (SSSR count). The summed E-state index contributed by atoms with van der Waals surface area (Å²) < 4.78 is 0. The van der Waals surface area contributed by atoms with Gasteiger partial charge in [-0.15, -0.1) is 0 Å². The van der Waals surface area contributed by atoms with Gasteiger partial charge in [0.2, 0.25) is 0 Å². The molecule has 0 spiro atoms. The first-order chi connectivity index (χ1) is 14.6. The van der Waals surface area contributed by atoms with Gasteiger partial charge < -0.3 is 84.0 Å². The summed E-state index contributed by atoms with van der Waals surface area (Å²) in [5.41, 5.74) is -5.95. The standard InChI is InChI=1S/2C6H8O7.3CH2O.3Ca/c2*7-3(8)1-6(13,5(11)12)2-4(9)10;3*1-2;;;/h2*13H,1-2H2,(H,7,8)(H,9,10)(H,11,12);3*1H2;;;/q;;;;;3*+2/p-6. The third kappa shape index (κ3) is 33.5. The minimum absolute atomic E-state index is 0. The number of carbonyl (C=O) groups is 9. The zero-order valence-electron chi connectivity index (χ0n) is 18.1. The molecular formula is C15H16Ca3O17. The van der Waals surface area contributed by atoms with E-state index in [-0.39, 0.29) is 113 Å². The molecule has 0 saturated carbocycles. The van der Waals surface area contributed by atoms with Crippen molar-refractivity contribution in [3.05, 3.63) is 0 Å². The van der Waals surface area contributed by atoms with Gasteiger partial charge in [0, 0.05) is 49.6 Å². The van der Waals surface area contributed by atoms with Crippen LogP contribution in [0.15, 0.2) is 0 Å². The van der Waals surface area contributed by atoms with Crippen LogP contribution in [0.25, 0.3) is 0 Å². The van der Waals surface area contributed by atoms with Crippen LogP contribution in [0.4, 0.5) is 0 Å². The van der Waals surface area contributed by atoms with Gasteiger partial charge in [0.15, 0.2) is 0 Å². The molecule has 2 N–H and O–H groups in total. The molecule has 184 valence electrons. The van der Waals surface area contributed by atoms with Crippen LogP contribution in [0.3, 0.4) is 0 Å². The molecule has 0 fully saturated rings. The Morgan fingerprint density at radius 2 is 0.571 bits per heavy atom. The van der Waals surface area contributed by atoms with Crippen molar-refractivity contribution in [3.8, 4) is 0 Å². The summed E-state index contributed by atoms with van der Waals surface area (Å²) in [5, 5.41) is 77.9. The largest absolute Gasteiger partial charge is 2.00 e. The van der Waals surface area contributed by atoms with E-state index in [0.717, 1.165) is 0 Å². The molecule has 0 aromatic heterocycles. The summed E-state index contributed by atoms with van der Waals surface area (Å²) in [7, 11) is 0. The van der Waals surface area contributed by atoms with Crippen molar-refractivity contribution in [1.29, 1.82) is 0 Å². The van der Waals surface area contributed by atoms with Gasteiger partial charge in [-0.1, -0.05) is 0 Å². The summed E-state index contributed by atoms with van der Waals surface area (Å²) in [6.07, 6.45) is -5.43. The normalized spacial score (nSPS) is 8.40. The predicted molar refractivity (Wildman–Crippen MR) is 97.0 cm³/mol. The Morgan fingerprint density at radius 3 is 0.629 bits per heavy atom. The number of carboxylic acids is 6. The van der Waals surface area contributed by atoms with Crippen LogP contribution in [0.1, 0.15) is 25.7 Å². The van der Waals surface area contributed by atoms with Crippen LogP contribution >= 0.6 is 0 Å². The van der Waals surface area contributed by atoms with Crippen molar-refractivity contribution in [3.63, 3.8) is 0 Å². The Bertz CT molecular complexity index is 566. The van der Waals surface area contributed by atoms with Crippen molar-refractivity contribution >= 4 is 169 Å². The van der Waals surface area contributed by atoms with E-state index in [9.17, 15) is 59.4 Å². The molecule has 0 aliphatic rings. The smallest absolute Gasteiger partial charge is 0.550 e. The maximum absolute atomic E-state index is 10.1. The van der Waals surface area contributed by atoms with E-state index in [0.29, 0.717) is 0 Å². The molecule has 35 heavy (non-hydrogen) atoms. The molecule has 0 aromatic rings. The van der Waals surface area contributed by atoms with Crippen molar-refractivity contribution in [2.24, 2.45) is 0 Å². The van der Waals surface area contributed by atoms with E-state index in [1.165, 1.54) is 0 Å². The van der Waals surface area contributed by atoms with Gasteiger partial charge in [0.1, 0.15) is 31.6 Å². The summed E-state index contributed by atoms with van der Waals surface area (Å²) in [6, 6.07) is 0. The van der Waals surface area contributed by atoms with Gasteiger partial charge in [-0.3, -0.25) is 0 Å². The van der Waals surface area contributed by atoms with Crippen LogP contribution in [-0.2, 0) is 43.2 Å². The fourth-order valence-electron chi connectivity index (χ4n) is 1.37. The molecule has 0 heterocycles. The Balaban J connectivity index is -0.0000000532. The Kier molecular flexibility index (Phi) is 49.7. The fourth-order valence-corrected chi connectivity index (χ4v) is 1.37. The summed E-state index contributed by atoms with van der Waals surface area (Å²) in [5.74, 6) is -12.0. The average molecular weight is 589 g/mol. The fraction of sp³-hybridized carbons (Fsp3) is 0.400. The number of rotatable bonds is 10. The number of carboxylic acid groups (broad SMARTS) is 6. The topological polar surface area (TPSA) is 332 Å². The van der Waals surface area contributed by atoms with E-state index in [1.807, 2.05) is 20.4 Å². The zero-order valence-corrected chi connectivity index (χ0v) is 24.7. The molecule has 0 saturated heterocycles. The molecule has 20 heteroatoms. The Hall–Kier alpha value is -0.471. The molecule has 0 radical (unpaired) electrons. The van der Waals surface area contributed by atoms with Gasteiger partial charge in [-0.25, -0.2) is 0 Å². The van der Waals surface area contributed by atoms with Gasteiger partial charge in [0.25, 0.3) is 0 Å². The quantitative estimate of drug-likeness (QED) is 0.224. The number of hydrogen-bond acceptors (Lipinski definition) is 17. The molecule has 0 aliphatic carbocycles. The monoisotopic (exact) mass is 588 g/mol. The number of carbonyl (C=O) groups excluding carboxylic acids is 9. The van der Waals surface area contributed by atoms with E-state index in [2.05, 4.69) is 0 Å². The van der Waals surface area contributed by atoms with Crippen LogP contribution in [0.5, 0.6) is 0 Å². The first-order valence-electron chi connectivity index (χ1n) is 7.09. The molecule has 0 bridgehead atoms. The SMILES string of the molecule is C=O.C=O.C=O.O=C([O-])CC(O)(CC(=O)[O-])C(=O)[O-].O=C([O-])CC(O)(CC(=O)[O-])C(=O)[O-].[Ca+2].[Ca+2].[Ca+2]. The second-order valence-corrected chi connectivity index (χ2v) is 4.83. The van der Waals surface area contributed by atoms with Crippen LogP contribution in [0.2, 0.25) is 0 Å². The summed E-state index contributed by atoms with van der Waals surface area (Å²) >= 11 is 0. The van der Waals surface area contributed by atoms with Crippen LogP contribution in [-0.4, -0.2) is 191 Å².